The predicted octanol–water partition coefficient (Wildman–Crippen LogP) is 13.1. The number of rotatable bonds is 11. The summed E-state index contributed by atoms with van der Waals surface area (Å²) in [5.74, 6) is 0.0685. The Bertz CT molecular complexity index is 2880. The third kappa shape index (κ3) is 13.4. The van der Waals surface area contributed by atoms with Crippen LogP contribution in [0.5, 0.6) is 34.5 Å². The second-order valence-corrected chi connectivity index (χ2v) is 14.1. The van der Waals surface area contributed by atoms with E-state index in [1.807, 2.05) is 111 Å². The summed E-state index contributed by atoms with van der Waals surface area (Å²) in [6, 6.07) is 54.5. The second kappa shape index (κ2) is 22.4. The summed E-state index contributed by atoms with van der Waals surface area (Å²) in [6.07, 6.45) is 0. The Kier molecular flexibility index (Phi) is 15.7. The molecule has 12 heteroatoms. The molecule has 0 aliphatic heterocycles. The highest BCUT2D eigenvalue weighted by atomic mass is 19.1. The molecule has 8 aromatic rings. The van der Waals surface area contributed by atoms with Gasteiger partial charge in [-0.1, -0.05) is 91.0 Å². The highest BCUT2D eigenvalue weighted by Crippen LogP contribution is 2.29. The van der Waals surface area contributed by atoms with Crippen molar-refractivity contribution >= 4 is 34.8 Å². The highest BCUT2D eigenvalue weighted by molar-refractivity contribution is 6.08. The van der Waals surface area contributed by atoms with Crippen molar-refractivity contribution in [3.8, 4) is 34.5 Å². The zero-order valence-electron chi connectivity index (χ0n) is 35.2. The fourth-order valence-corrected chi connectivity index (χ4v) is 5.90. The van der Waals surface area contributed by atoms with Crippen LogP contribution in [-0.2, 0) is 0 Å². The normalized spacial score (nSPS) is 10.2. The van der Waals surface area contributed by atoms with Crippen LogP contribution in [0.25, 0.3) is 0 Å². The number of para-hydroxylation sites is 3. The summed E-state index contributed by atoms with van der Waals surface area (Å²) >= 11 is 0. The van der Waals surface area contributed by atoms with Gasteiger partial charge in [-0.05, 0) is 110 Å². The lowest BCUT2D eigenvalue weighted by Crippen LogP contribution is -2.16. The van der Waals surface area contributed by atoms with Gasteiger partial charge in [0.2, 0.25) is 0 Å². The van der Waals surface area contributed by atoms with Crippen LogP contribution >= 0.6 is 0 Å². The molecule has 0 atom stereocenters. The molecule has 0 aromatic heterocycles. The molecule has 0 saturated heterocycles. The van der Waals surface area contributed by atoms with Crippen molar-refractivity contribution in [3.05, 3.63) is 234 Å². The maximum Gasteiger partial charge on any atom is 0.337 e. The third-order valence-electron chi connectivity index (χ3n) is 9.35. The van der Waals surface area contributed by atoms with Crippen molar-refractivity contribution in [2.24, 2.45) is 0 Å². The molecule has 0 heterocycles. The zero-order valence-corrected chi connectivity index (χ0v) is 35.2. The van der Waals surface area contributed by atoms with Gasteiger partial charge in [-0.15, -0.1) is 0 Å². The molecule has 10 nitrogen and oxygen atoms in total. The van der Waals surface area contributed by atoms with Gasteiger partial charge in [0.05, 0.1) is 22.4 Å². The quantitative estimate of drug-likeness (QED) is 0.0939. The molecule has 0 radical (unpaired) electrons. The summed E-state index contributed by atoms with van der Waals surface area (Å²) in [6.45, 7) is 3.84. The van der Waals surface area contributed by atoms with Gasteiger partial charge in [0.25, 0.3) is 11.8 Å². The number of hydrogen-bond donors (Lipinski definition) is 4. The molecule has 0 fully saturated rings. The largest absolute Gasteiger partial charge is 0.478 e. The maximum absolute atomic E-state index is 13.8. The fraction of sp³-hybridized carbons (Fsp3) is 0.0377. The van der Waals surface area contributed by atoms with Crippen molar-refractivity contribution in [2.75, 3.05) is 16.4 Å². The molecule has 0 saturated carbocycles. The van der Waals surface area contributed by atoms with E-state index < -0.39 is 29.4 Å². The predicted molar refractivity (Wildman–Crippen MR) is 248 cm³/mol. The van der Waals surface area contributed by atoms with E-state index in [-0.39, 0.29) is 22.4 Å². The molecule has 0 aliphatic rings. The number of nitrogens with one attached hydrogen (secondary N) is 2. The first kappa shape index (κ1) is 45.7. The van der Waals surface area contributed by atoms with Crippen molar-refractivity contribution in [3.63, 3.8) is 0 Å². The summed E-state index contributed by atoms with van der Waals surface area (Å²) < 4.78 is 44.5. The molecule has 0 bridgehead atoms. The maximum atomic E-state index is 13.8. The van der Waals surface area contributed by atoms with Crippen LogP contribution in [-0.4, -0.2) is 22.9 Å². The molecule has 0 unspecified atom stereocenters. The monoisotopic (exact) mass is 871 g/mol. The Morgan fingerprint density at radius 2 is 0.800 bits per heavy atom. The first-order chi connectivity index (χ1) is 31.4. The van der Waals surface area contributed by atoms with Gasteiger partial charge in [-0.3, -0.25) is 9.59 Å². The van der Waals surface area contributed by atoms with E-state index in [9.17, 15) is 28.3 Å². The first-order valence-corrected chi connectivity index (χ1v) is 20.1. The number of carbonyl (C=O) groups is 3. The van der Waals surface area contributed by atoms with Gasteiger partial charge in [0.1, 0.15) is 46.1 Å². The minimum atomic E-state index is -1.22. The molecule has 0 aliphatic carbocycles. The van der Waals surface area contributed by atoms with Gasteiger partial charge >= 0.3 is 5.97 Å². The lowest BCUT2D eigenvalue weighted by atomic mass is 10.1. The Balaban J connectivity index is 0.000000167. The lowest BCUT2D eigenvalue weighted by molar-refractivity contribution is 0.0697. The fourth-order valence-electron chi connectivity index (χ4n) is 5.90. The molecule has 8 rings (SSSR count). The number of nitrogens with two attached hydrogens (primary N) is 1. The number of halogens is 2. The number of anilines is 3. The van der Waals surface area contributed by atoms with Crippen molar-refractivity contribution in [1.29, 1.82) is 0 Å². The number of carbonyl (C=O) groups excluding carboxylic acids is 2. The van der Waals surface area contributed by atoms with Crippen LogP contribution in [0, 0.1) is 25.5 Å². The standard InChI is InChI=1S/C20H14FNO4.C20H16FNO2.C13H13NO/c21-17-9-5-4-8-15(17)19(23)22-18-12-14(10-11-16(18)20(24)25)26-13-6-2-1-3-7-13;1-14-11-12-16(24-15-7-3-2-4-8-15)13-19(14)22-20(23)17-9-5-6-10-18(17)21;1-10-7-8-12(9-13(10)14)15-11-5-3-2-4-6-11/h1-12H,(H,22,23)(H,24,25);2-13H,1H3,(H,22,23);2-9H,14H2,1H3. The number of hydrogen-bond acceptors (Lipinski definition) is 7. The molecule has 0 spiro atoms. The van der Waals surface area contributed by atoms with Crippen molar-refractivity contribution in [1.82, 2.24) is 0 Å². The van der Waals surface area contributed by atoms with Gasteiger partial charge in [0, 0.05) is 29.6 Å². The average molecular weight is 872 g/mol. The zero-order chi connectivity index (χ0) is 46.1. The Morgan fingerprint density at radius 1 is 0.431 bits per heavy atom. The minimum Gasteiger partial charge on any atom is -0.478 e. The molecule has 8 aromatic carbocycles. The van der Waals surface area contributed by atoms with E-state index >= 15 is 0 Å². The minimum absolute atomic E-state index is 0.00582. The van der Waals surface area contributed by atoms with Crippen LogP contribution in [0.1, 0.15) is 42.2 Å². The van der Waals surface area contributed by atoms with Crippen LogP contribution < -0.4 is 30.6 Å². The summed E-state index contributed by atoms with van der Waals surface area (Å²) in [5.41, 5.74) is 8.76. The Labute approximate surface area is 374 Å². The van der Waals surface area contributed by atoms with E-state index in [1.54, 1.807) is 42.5 Å². The number of benzene rings is 8. The average Bonchev–Trinajstić information content (AvgIpc) is 3.30. The number of nitrogen functional groups attached to an aromatic ring is 1. The van der Waals surface area contributed by atoms with Crippen LogP contribution in [0.15, 0.2) is 194 Å². The van der Waals surface area contributed by atoms with Crippen LogP contribution in [0.2, 0.25) is 0 Å². The van der Waals surface area contributed by atoms with E-state index in [1.165, 1.54) is 48.5 Å². The number of carboxylic acid groups (broad SMARTS) is 1. The van der Waals surface area contributed by atoms with E-state index in [2.05, 4.69) is 10.6 Å². The third-order valence-corrected chi connectivity index (χ3v) is 9.35. The van der Waals surface area contributed by atoms with Crippen LogP contribution in [0.3, 0.4) is 0 Å². The second-order valence-electron chi connectivity index (χ2n) is 14.1. The first-order valence-electron chi connectivity index (χ1n) is 20.1. The molecule has 326 valence electrons. The van der Waals surface area contributed by atoms with Crippen molar-refractivity contribution in [2.45, 2.75) is 13.8 Å². The topological polar surface area (TPSA) is 149 Å². The Morgan fingerprint density at radius 3 is 1.23 bits per heavy atom. The number of ether oxygens (including phenoxy) is 3. The van der Waals surface area contributed by atoms with Gasteiger partial charge < -0.3 is 35.7 Å². The SMILES string of the molecule is Cc1ccc(Oc2ccccc2)cc1N.Cc1ccc(Oc2ccccc2)cc1NC(=O)c1ccccc1F.O=C(Nc1cc(Oc2ccccc2)ccc1C(=O)O)c1ccccc1F. The summed E-state index contributed by atoms with van der Waals surface area (Å²) in [4.78, 5) is 36.0. The van der Waals surface area contributed by atoms with Gasteiger partial charge in [-0.2, -0.15) is 0 Å². The molecule has 2 amide bonds. The summed E-state index contributed by atoms with van der Waals surface area (Å²) in [7, 11) is 0. The Hall–Kier alpha value is -8.77. The van der Waals surface area contributed by atoms with Crippen LogP contribution in [0.4, 0.5) is 25.8 Å². The highest BCUT2D eigenvalue weighted by Gasteiger charge is 2.18. The number of aromatic carboxylic acids is 1. The van der Waals surface area contributed by atoms with Gasteiger partial charge in [-0.25, -0.2) is 13.6 Å². The number of carboxylic acids is 1. The summed E-state index contributed by atoms with van der Waals surface area (Å²) in [5, 5.41) is 14.5. The lowest BCUT2D eigenvalue weighted by Gasteiger charge is -2.12. The van der Waals surface area contributed by atoms with E-state index in [4.69, 9.17) is 19.9 Å². The van der Waals surface area contributed by atoms with E-state index in [0.29, 0.717) is 28.7 Å². The van der Waals surface area contributed by atoms with Gasteiger partial charge in [0.15, 0.2) is 0 Å². The molecule has 65 heavy (non-hydrogen) atoms. The molecular weight excluding hydrogens is 829 g/mol. The van der Waals surface area contributed by atoms with Crippen molar-refractivity contribution < 1.29 is 42.5 Å². The number of amides is 2. The smallest absolute Gasteiger partial charge is 0.337 e. The number of aryl methyl sites for hydroxylation is 2. The molecule has 5 N–H and O–H groups in total. The van der Waals surface area contributed by atoms with E-state index in [0.717, 1.165) is 34.4 Å². The molecular formula is C53H43F2N3O7.